The summed E-state index contributed by atoms with van der Waals surface area (Å²) in [6.45, 7) is 10.2. The van der Waals surface area contributed by atoms with Crippen molar-refractivity contribution in [2.75, 3.05) is 5.32 Å². The molecule has 4 nitrogen and oxygen atoms in total. The molecule has 2 aromatic carbocycles. The molecular weight excluding hydrogens is 368 g/mol. The third-order valence-corrected chi connectivity index (χ3v) is 4.44. The number of hydrogen-bond donors (Lipinski definition) is 2. The lowest BCUT2D eigenvalue weighted by molar-refractivity contribution is -0.120. The Balaban J connectivity index is 1.89. The average Bonchev–Trinajstić information content (AvgIpc) is 2.62. The number of amides is 1. The minimum Gasteiger partial charge on any atom is -0.491 e. The molecular formula is C23H30N2O2S. The SMILES string of the molecule is CC(C)Cc1ccc(C(C)C(=O)NC(=S)Nc2ccc(OC(C)C)cc2)cc1. The van der Waals surface area contributed by atoms with Gasteiger partial charge in [-0.25, -0.2) is 0 Å². The Kier molecular flexibility index (Phi) is 8.00. The van der Waals surface area contributed by atoms with Gasteiger partial charge in [0.05, 0.1) is 12.0 Å². The molecule has 2 aromatic rings. The number of thiocarbonyl (C=S) groups is 1. The zero-order valence-corrected chi connectivity index (χ0v) is 18.1. The summed E-state index contributed by atoms with van der Waals surface area (Å²) in [5.74, 6) is 0.995. The monoisotopic (exact) mass is 398 g/mol. The Morgan fingerprint density at radius 2 is 1.57 bits per heavy atom. The summed E-state index contributed by atoms with van der Waals surface area (Å²) >= 11 is 5.28. The first-order valence-corrected chi connectivity index (χ1v) is 10.1. The van der Waals surface area contributed by atoms with Crippen molar-refractivity contribution < 1.29 is 9.53 Å². The third kappa shape index (κ3) is 6.97. The number of rotatable bonds is 7. The maximum Gasteiger partial charge on any atom is 0.233 e. The molecule has 0 saturated carbocycles. The Morgan fingerprint density at radius 3 is 2.11 bits per heavy atom. The molecule has 1 unspecified atom stereocenters. The molecule has 1 atom stereocenters. The van der Waals surface area contributed by atoms with Crippen LogP contribution in [-0.2, 0) is 11.2 Å². The van der Waals surface area contributed by atoms with E-state index in [0.29, 0.717) is 5.92 Å². The second kappa shape index (κ2) is 10.2. The van der Waals surface area contributed by atoms with Gasteiger partial charge in [-0.1, -0.05) is 38.1 Å². The molecule has 0 aliphatic carbocycles. The van der Waals surface area contributed by atoms with Crippen LogP contribution < -0.4 is 15.4 Å². The first-order valence-electron chi connectivity index (χ1n) is 9.72. The van der Waals surface area contributed by atoms with Gasteiger partial charge in [-0.15, -0.1) is 0 Å². The highest BCUT2D eigenvalue weighted by atomic mass is 32.1. The predicted octanol–water partition coefficient (Wildman–Crippen LogP) is 5.29. The lowest BCUT2D eigenvalue weighted by atomic mass is 9.96. The van der Waals surface area contributed by atoms with Gasteiger partial charge in [0, 0.05) is 5.69 Å². The van der Waals surface area contributed by atoms with E-state index in [1.54, 1.807) is 0 Å². The lowest BCUT2D eigenvalue weighted by Gasteiger charge is -2.15. The van der Waals surface area contributed by atoms with E-state index < -0.39 is 0 Å². The average molecular weight is 399 g/mol. The van der Waals surface area contributed by atoms with Gasteiger partial charge in [-0.3, -0.25) is 4.79 Å². The van der Waals surface area contributed by atoms with E-state index in [-0.39, 0.29) is 23.0 Å². The zero-order valence-electron chi connectivity index (χ0n) is 17.3. The molecule has 2 rings (SSSR count). The molecule has 0 aliphatic rings. The zero-order chi connectivity index (χ0) is 20.7. The molecule has 0 aliphatic heterocycles. The fourth-order valence-electron chi connectivity index (χ4n) is 2.84. The Morgan fingerprint density at radius 1 is 0.964 bits per heavy atom. The van der Waals surface area contributed by atoms with Crippen molar-refractivity contribution in [3.05, 3.63) is 59.7 Å². The van der Waals surface area contributed by atoms with Gasteiger partial charge in [0.2, 0.25) is 5.91 Å². The van der Waals surface area contributed by atoms with Crippen LogP contribution in [0.5, 0.6) is 5.75 Å². The van der Waals surface area contributed by atoms with E-state index in [1.165, 1.54) is 5.56 Å². The van der Waals surface area contributed by atoms with Gasteiger partial charge in [0.25, 0.3) is 0 Å². The first kappa shape index (κ1) is 21.9. The molecule has 150 valence electrons. The maximum atomic E-state index is 12.5. The van der Waals surface area contributed by atoms with Crippen molar-refractivity contribution in [2.24, 2.45) is 5.92 Å². The van der Waals surface area contributed by atoms with Crippen LogP contribution in [0.25, 0.3) is 0 Å². The molecule has 0 heterocycles. The van der Waals surface area contributed by atoms with Crippen molar-refractivity contribution in [3.8, 4) is 5.75 Å². The fourth-order valence-corrected chi connectivity index (χ4v) is 3.06. The highest BCUT2D eigenvalue weighted by molar-refractivity contribution is 7.80. The Labute approximate surface area is 173 Å². The van der Waals surface area contributed by atoms with Crippen LogP contribution in [0, 0.1) is 5.92 Å². The topological polar surface area (TPSA) is 50.4 Å². The smallest absolute Gasteiger partial charge is 0.233 e. The summed E-state index contributed by atoms with van der Waals surface area (Å²) in [7, 11) is 0. The van der Waals surface area contributed by atoms with Crippen molar-refractivity contribution in [1.29, 1.82) is 0 Å². The van der Waals surface area contributed by atoms with Crippen LogP contribution in [0.3, 0.4) is 0 Å². The van der Waals surface area contributed by atoms with Crippen molar-refractivity contribution in [3.63, 3.8) is 0 Å². The molecule has 0 bridgehead atoms. The molecule has 0 saturated heterocycles. The molecule has 0 spiro atoms. The number of carbonyl (C=O) groups is 1. The van der Waals surface area contributed by atoms with E-state index in [1.807, 2.05) is 57.2 Å². The Bertz CT molecular complexity index is 783. The van der Waals surface area contributed by atoms with Gasteiger partial charge >= 0.3 is 0 Å². The molecule has 0 aromatic heterocycles. The van der Waals surface area contributed by atoms with Gasteiger partial charge in [-0.2, -0.15) is 0 Å². The summed E-state index contributed by atoms with van der Waals surface area (Å²) in [5, 5.41) is 6.09. The number of carbonyl (C=O) groups excluding carboxylic acids is 1. The largest absolute Gasteiger partial charge is 0.491 e. The van der Waals surface area contributed by atoms with Crippen LogP contribution in [-0.4, -0.2) is 17.1 Å². The van der Waals surface area contributed by atoms with Gasteiger partial charge in [0.15, 0.2) is 5.11 Å². The van der Waals surface area contributed by atoms with E-state index in [2.05, 4.69) is 36.6 Å². The fraction of sp³-hybridized carbons (Fsp3) is 0.391. The highest BCUT2D eigenvalue weighted by Gasteiger charge is 2.16. The second-order valence-electron chi connectivity index (χ2n) is 7.70. The van der Waals surface area contributed by atoms with Crippen LogP contribution in [0.15, 0.2) is 48.5 Å². The number of hydrogen-bond acceptors (Lipinski definition) is 3. The van der Waals surface area contributed by atoms with E-state index in [4.69, 9.17) is 17.0 Å². The summed E-state index contributed by atoms with van der Waals surface area (Å²) < 4.78 is 5.62. The van der Waals surface area contributed by atoms with Gasteiger partial charge in [-0.05, 0) is 80.7 Å². The predicted molar refractivity (Wildman–Crippen MR) is 120 cm³/mol. The molecule has 1 amide bonds. The second-order valence-corrected chi connectivity index (χ2v) is 8.10. The third-order valence-electron chi connectivity index (χ3n) is 4.24. The number of nitrogens with one attached hydrogen (secondary N) is 2. The van der Waals surface area contributed by atoms with Crippen LogP contribution >= 0.6 is 12.2 Å². The van der Waals surface area contributed by atoms with Crippen LogP contribution in [0.4, 0.5) is 5.69 Å². The number of ether oxygens (including phenoxy) is 1. The summed E-state index contributed by atoms with van der Waals surface area (Å²) in [4.78, 5) is 12.5. The van der Waals surface area contributed by atoms with Crippen LogP contribution in [0.2, 0.25) is 0 Å². The van der Waals surface area contributed by atoms with Gasteiger partial charge < -0.3 is 15.4 Å². The number of anilines is 1. The number of benzene rings is 2. The quantitative estimate of drug-likeness (QED) is 0.622. The van der Waals surface area contributed by atoms with Crippen molar-refractivity contribution in [1.82, 2.24) is 5.32 Å². The van der Waals surface area contributed by atoms with Crippen molar-refractivity contribution in [2.45, 2.75) is 53.1 Å². The summed E-state index contributed by atoms with van der Waals surface area (Å²) in [6, 6.07) is 15.7. The minimum atomic E-state index is -0.283. The molecule has 2 N–H and O–H groups in total. The van der Waals surface area contributed by atoms with E-state index in [0.717, 1.165) is 23.4 Å². The molecule has 0 fully saturated rings. The standard InChI is InChI=1S/C23H30N2O2S/c1-15(2)14-18-6-8-19(9-7-18)17(5)22(26)25-23(28)24-20-10-12-21(13-11-20)27-16(3)4/h6-13,15-17H,14H2,1-5H3,(H2,24,25,26,28). The van der Waals surface area contributed by atoms with Crippen molar-refractivity contribution >= 4 is 28.9 Å². The summed E-state index contributed by atoms with van der Waals surface area (Å²) in [5.41, 5.74) is 3.06. The highest BCUT2D eigenvalue weighted by Crippen LogP contribution is 2.19. The molecule has 28 heavy (non-hydrogen) atoms. The molecule has 0 radical (unpaired) electrons. The van der Waals surface area contributed by atoms with E-state index >= 15 is 0 Å². The maximum absolute atomic E-state index is 12.5. The molecule has 5 heteroatoms. The van der Waals surface area contributed by atoms with Crippen LogP contribution in [0.1, 0.15) is 51.7 Å². The lowest BCUT2D eigenvalue weighted by Crippen LogP contribution is -2.36. The normalized spacial score (nSPS) is 12.0. The Hall–Kier alpha value is -2.40. The minimum absolute atomic E-state index is 0.125. The van der Waals surface area contributed by atoms with E-state index in [9.17, 15) is 4.79 Å². The van der Waals surface area contributed by atoms with Gasteiger partial charge in [0.1, 0.15) is 5.75 Å². The summed E-state index contributed by atoms with van der Waals surface area (Å²) in [6.07, 6.45) is 1.16. The first-order chi connectivity index (χ1) is 13.2.